The Balaban J connectivity index is 2.12. The molecule has 0 fully saturated rings. The van der Waals surface area contributed by atoms with Crippen LogP contribution in [0.1, 0.15) is 32.9 Å². The van der Waals surface area contributed by atoms with Gasteiger partial charge in [0.25, 0.3) is 0 Å². The molecule has 108 valence electrons. The lowest BCUT2D eigenvalue weighted by Crippen LogP contribution is -2.12. The second kappa shape index (κ2) is 4.77. The molecular weight excluding hydrogens is 270 g/mol. The van der Waals surface area contributed by atoms with E-state index in [1.54, 1.807) is 23.7 Å². The molecule has 1 aromatic heterocycles. The number of ketones is 1. The molecule has 0 bridgehead atoms. The van der Waals surface area contributed by atoms with E-state index >= 15 is 0 Å². The lowest BCUT2D eigenvalue weighted by molar-refractivity contribution is -0.136. The summed E-state index contributed by atoms with van der Waals surface area (Å²) < 4.78 is 7.37. The highest BCUT2D eigenvalue weighted by Crippen LogP contribution is 2.30. The summed E-state index contributed by atoms with van der Waals surface area (Å²) in [6.45, 7) is 2.21. The third-order valence-electron chi connectivity index (χ3n) is 3.72. The highest BCUT2D eigenvalue weighted by atomic mass is 16.5. The third-order valence-corrected chi connectivity index (χ3v) is 3.72. The first-order valence-corrected chi connectivity index (χ1v) is 6.65. The van der Waals surface area contributed by atoms with Gasteiger partial charge in [0.2, 0.25) is 5.78 Å². The number of aliphatic carboxylic acids is 1. The smallest absolute Gasteiger partial charge is 0.309 e. The van der Waals surface area contributed by atoms with Crippen molar-refractivity contribution in [3.63, 3.8) is 0 Å². The number of rotatable bonds is 2. The van der Waals surface area contributed by atoms with Gasteiger partial charge in [0.05, 0.1) is 17.7 Å². The van der Waals surface area contributed by atoms with Crippen LogP contribution in [-0.2, 0) is 24.9 Å². The zero-order chi connectivity index (χ0) is 15.1. The van der Waals surface area contributed by atoms with Crippen molar-refractivity contribution in [3.05, 3.63) is 52.3 Å². The molecule has 0 unspecified atom stereocenters. The van der Waals surface area contributed by atoms with Crippen LogP contribution in [0.15, 0.2) is 24.3 Å². The number of aromatic nitrogens is 1. The maximum Gasteiger partial charge on any atom is 0.309 e. The molecule has 0 spiro atoms. The average molecular weight is 285 g/mol. The lowest BCUT2D eigenvalue weighted by Gasteiger charge is -2.08. The van der Waals surface area contributed by atoms with Gasteiger partial charge in [-0.05, 0) is 30.7 Å². The fourth-order valence-corrected chi connectivity index (χ4v) is 2.68. The topological polar surface area (TPSA) is 68.5 Å². The SMILES string of the molecule is Cc1ccc2c(c1)OCc1cc(CC(=O)O)n(C)c1C2=O. The maximum absolute atomic E-state index is 12.7. The van der Waals surface area contributed by atoms with Gasteiger partial charge in [0, 0.05) is 18.3 Å². The van der Waals surface area contributed by atoms with Crippen LogP contribution in [0.3, 0.4) is 0 Å². The predicted molar refractivity (Wildman–Crippen MR) is 75.7 cm³/mol. The number of fused-ring (bicyclic) bond motifs is 2. The van der Waals surface area contributed by atoms with E-state index < -0.39 is 5.97 Å². The first-order chi connectivity index (χ1) is 9.97. The highest BCUT2D eigenvalue weighted by molar-refractivity contribution is 6.11. The summed E-state index contributed by atoms with van der Waals surface area (Å²) in [5.41, 5.74) is 3.38. The number of hydrogen-bond donors (Lipinski definition) is 1. The normalized spacial score (nSPS) is 13.1. The van der Waals surface area contributed by atoms with Crippen LogP contribution in [0.5, 0.6) is 5.75 Å². The van der Waals surface area contributed by atoms with E-state index in [9.17, 15) is 9.59 Å². The summed E-state index contributed by atoms with van der Waals surface area (Å²) in [5.74, 6) is -0.470. The lowest BCUT2D eigenvalue weighted by atomic mass is 10.0. The molecule has 0 atom stereocenters. The van der Waals surface area contributed by atoms with E-state index in [0.717, 1.165) is 11.1 Å². The molecule has 5 nitrogen and oxygen atoms in total. The van der Waals surface area contributed by atoms with Crippen LogP contribution >= 0.6 is 0 Å². The highest BCUT2D eigenvalue weighted by Gasteiger charge is 2.27. The maximum atomic E-state index is 12.7. The van der Waals surface area contributed by atoms with Crippen molar-refractivity contribution in [1.29, 1.82) is 0 Å². The second-order valence-corrected chi connectivity index (χ2v) is 5.26. The van der Waals surface area contributed by atoms with Crippen molar-refractivity contribution in [3.8, 4) is 5.75 Å². The van der Waals surface area contributed by atoms with Gasteiger partial charge in [-0.25, -0.2) is 0 Å². The van der Waals surface area contributed by atoms with E-state index in [1.807, 2.05) is 19.1 Å². The molecule has 1 aromatic carbocycles. The largest absolute Gasteiger partial charge is 0.488 e. The molecule has 1 aliphatic heterocycles. The van der Waals surface area contributed by atoms with Gasteiger partial charge in [-0.1, -0.05) is 6.07 Å². The molecule has 1 aliphatic rings. The van der Waals surface area contributed by atoms with Gasteiger partial charge in [0.15, 0.2) is 0 Å². The number of benzene rings is 1. The molecule has 0 radical (unpaired) electrons. The molecule has 0 saturated carbocycles. The Morgan fingerprint density at radius 3 is 2.86 bits per heavy atom. The van der Waals surface area contributed by atoms with E-state index in [4.69, 9.17) is 9.84 Å². The molecule has 1 N–H and O–H groups in total. The Hall–Kier alpha value is -2.56. The minimum atomic E-state index is -0.921. The van der Waals surface area contributed by atoms with Crippen LogP contribution in [0.25, 0.3) is 0 Å². The van der Waals surface area contributed by atoms with E-state index in [2.05, 4.69) is 0 Å². The molecule has 2 aromatic rings. The number of carboxylic acid groups (broad SMARTS) is 1. The van der Waals surface area contributed by atoms with Gasteiger partial charge < -0.3 is 14.4 Å². The van der Waals surface area contributed by atoms with Crippen molar-refractivity contribution in [2.24, 2.45) is 7.05 Å². The number of aryl methyl sites for hydroxylation is 1. The van der Waals surface area contributed by atoms with Crippen LogP contribution < -0.4 is 4.74 Å². The van der Waals surface area contributed by atoms with Crippen LogP contribution in [-0.4, -0.2) is 21.4 Å². The molecule has 2 heterocycles. The van der Waals surface area contributed by atoms with Gasteiger partial charge >= 0.3 is 5.97 Å². The summed E-state index contributed by atoms with van der Waals surface area (Å²) in [7, 11) is 1.72. The van der Waals surface area contributed by atoms with Crippen molar-refractivity contribution in [2.45, 2.75) is 20.0 Å². The fourth-order valence-electron chi connectivity index (χ4n) is 2.68. The Bertz CT molecular complexity index is 758. The summed E-state index contributed by atoms with van der Waals surface area (Å²) in [5, 5.41) is 8.93. The minimum Gasteiger partial charge on any atom is -0.488 e. The Morgan fingerprint density at radius 1 is 1.38 bits per heavy atom. The third kappa shape index (κ3) is 2.20. The molecule has 0 aliphatic carbocycles. The van der Waals surface area contributed by atoms with Crippen molar-refractivity contribution < 1.29 is 19.4 Å². The standard InChI is InChI=1S/C16H15NO4/c1-9-3-4-12-13(5-9)21-8-10-6-11(7-14(18)19)17(2)15(10)16(12)20/h3-6H,7-8H2,1-2H3,(H,18,19). The second-order valence-electron chi connectivity index (χ2n) is 5.26. The summed E-state index contributed by atoms with van der Waals surface area (Å²) in [6.07, 6.45) is -0.114. The number of ether oxygens (including phenoxy) is 1. The Morgan fingerprint density at radius 2 is 2.14 bits per heavy atom. The zero-order valence-electron chi connectivity index (χ0n) is 11.8. The molecular formula is C16H15NO4. The van der Waals surface area contributed by atoms with Crippen molar-refractivity contribution in [1.82, 2.24) is 4.57 Å². The summed E-state index contributed by atoms with van der Waals surface area (Å²) in [4.78, 5) is 23.6. The first-order valence-electron chi connectivity index (χ1n) is 6.65. The quantitative estimate of drug-likeness (QED) is 0.917. The first kappa shape index (κ1) is 13.4. The molecule has 0 amide bonds. The van der Waals surface area contributed by atoms with Gasteiger partial charge in [0.1, 0.15) is 12.4 Å². The predicted octanol–water partition coefficient (Wildman–Crippen LogP) is 2.08. The van der Waals surface area contributed by atoms with E-state index in [1.165, 1.54) is 0 Å². The van der Waals surface area contributed by atoms with Crippen LogP contribution in [0, 0.1) is 6.92 Å². The number of carboxylic acids is 1. The fraction of sp³-hybridized carbons (Fsp3) is 0.250. The molecule has 3 rings (SSSR count). The monoisotopic (exact) mass is 285 g/mol. The molecule has 0 saturated heterocycles. The number of carbonyl (C=O) groups is 2. The number of hydrogen-bond acceptors (Lipinski definition) is 3. The van der Waals surface area contributed by atoms with Crippen molar-refractivity contribution in [2.75, 3.05) is 0 Å². The van der Waals surface area contributed by atoms with Gasteiger partial charge in [-0.15, -0.1) is 0 Å². The van der Waals surface area contributed by atoms with E-state index in [0.29, 0.717) is 22.7 Å². The Labute approximate surface area is 121 Å². The van der Waals surface area contributed by atoms with Crippen LogP contribution in [0.4, 0.5) is 0 Å². The zero-order valence-corrected chi connectivity index (χ0v) is 11.8. The summed E-state index contributed by atoms with van der Waals surface area (Å²) in [6, 6.07) is 7.20. The molecule has 21 heavy (non-hydrogen) atoms. The van der Waals surface area contributed by atoms with E-state index in [-0.39, 0.29) is 18.8 Å². The van der Waals surface area contributed by atoms with Gasteiger partial charge in [-0.3, -0.25) is 9.59 Å². The molecule has 5 heteroatoms. The van der Waals surface area contributed by atoms with Gasteiger partial charge in [-0.2, -0.15) is 0 Å². The summed E-state index contributed by atoms with van der Waals surface area (Å²) >= 11 is 0. The van der Waals surface area contributed by atoms with Crippen molar-refractivity contribution >= 4 is 11.8 Å². The van der Waals surface area contributed by atoms with Crippen LogP contribution in [0.2, 0.25) is 0 Å². The average Bonchev–Trinajstić information content (AvgIpc) is 2.64. The number of nitrogens with zero attached hydrogens (tertiary/aromatic N) is 1. The number of carbonyl (C=O) groups excluding carboxylic acids is 1. The minimum absolute atomic E-state index is 0.114. The Kier molecular flexibility index (Phi) is 3.05.